The van der Waals surface area contributed by atoms with Crippen LogP contribution in [0.1, 0.15) is 11.1 Å². The van der Waals surface area contributed by atoms with Crippen molar-refractivity contribution in [3.05, 3.63) is 58.4 Å². The summed E-state index contributed by atoms with van der Waals surface area (Å²) in [5, 5.41) is 0.453. The molecule has 2 aromatic rings. The average molecular weight is 315 g/mol. The van der Waals surface area contributed by atoms with E-state index >= 15 is 0 Å². The van der Waals surface area contributed by atoms with Crippen LogP contribution in [-0.2, 0) is 12.5 Å². The Morgan fingerprint density at radius 1 is 1.15 bits per heavy atom. The average Bonchev–Trinajstić information content (AvgIpc) is 2.47. The standard InChI is InChI=1S/C15H13Cl2FO2/c1-19-14-4-2-3-10(8-16)15(14)20-9-11-7-12(18)5-6-13(11)17/h2-7H,8-9H2,1H3. The molecule has 2 nitrogen and oxygen atoms in total. The predicted molar refractivity (Wildman–Crippen MR) is 78.3 cm³/mol. The minimum atomic E-state index is -0.356. The molecule has 0 aliphatic rings. The van der Waals surface area contributed by atoms with Crippen LogP contribution >= 0.6 is 23.2 Å². The van der Waals surface area contributed by atoms with Gasteiger partial charge in [0.2, 0.25) is 0 Å². The Morgan fingerprint density at radius 3 is 2.65 bits per heavy atom. The van der Waals surface area contributed by atoms with E-state index in [-0.39, 0.29) is 12.4 Å². The number of rotatable bonds is 5. The number of alkyl halides is 1. The smallest absolute Gasteiger partial charge is 0.166 e. The Morgan fingerprint density at radius 2 is 1.95 bits per heavy atom. The van der Waals surface area contributed by atoms with Crippen molar-refractivity contribution in [1.82, 2.24) is 0 Å². The monoisotopic (exact) mass is 314 g/mol. The van der Waals surface area contributed by atoms with Crippen molar-refractivity contribution >= 4 is 23.2 Å². The lowest BCUT2D eigenvalue weighted by Gasteiger charge is -2.14. The summed E-state index contributed by atoms with van der Waals surface area (Å²) in [5.41, 5.74) is 1.37. The molecule has 2 aromatic carbocycles. The largest absolute Gasteiger partial charge is 0.493 e. The van der Waals surface area contributed by atoms with Crippen LogP contribution in [-0.4, -0.2) is 7.11 Å². The number of halogens is 3. The third kappa shape index (κ3) is 3.35. The van der Waals surface area contributed by atoms with Gasteiger partial charge in [0.05, 0.1) is 13.0 Å². The number of hydrogen-bond acceptors (Lipinski definition) is 2. The van der Waals surface area contributed by atoms with Crippen molar-refractivity contribution in [2.45, 2.75) is 12.5 Å². The third-order valence-corrected chi connectivity index (χ3v) is 3.46. The summed E-state index contributed by atoms with van der Waals surface area (Å²) in [5.74, 6) is 1.07. The molecule has 0 radical (unpaired) electrons. The Balaban J connectivity index is 2.24. The summed E-state index contributed by atoms with van der Waals surface area (Å²) in [6.45, 7) is 0.140. The molecule has 0 saturated carbocycles. The number of methoxy groups -OCH3 is 1. The van der Waals surface area contributed by atoms with Crippen LogP contribution in [0.5, 0.6) is 11.5 Å². The summed E-state index contributed by atoms with van der Waals surface area (Å²) >= 11 is 11.9. The first-order chi connectivity index (χ1) is 9.65. The second-order valence-corrected chi connectivity index (χ2v) is 4.78. The van der Waals surface area contributed by atoms with Gasteiger partial charge in [-0.2, -0.15) is 0 Å². The van der Waals surface area contributed by atoms with Crippen molar-refractivity contribution in [2.75, 3.05) is 7.11 Å². The highest BCUT2D eigenvalue weighted by atomic mass is 35.5. The molecule has 5 heteroatoms. The molecule has 0 aliphatic carbocycles. The molecule has 0 heterocycles. The van der Waals surface area contributed by atoms with E-state index in [9.17, 15) is 4.39 Å². The molecular formula is C15H13Cl2FO2. The maximum absolute atomic E-state index is 13.2. The van der Waals surface area contributed by atoms with Gasteiger partial charge in [0, 0.05) is 16.1 Å². The Hall–Kier alpha value is -1.45. The highest BCUT2D eigenvalue weighted by molar-refractivity contribution is 6.31. The van der Waals surface area contributed by atoms with Crippen LogP contribution in [0.4, 0.5) is 4.39 Å². The topological polar surface area (TPSA) is 18.5 Å². The van der Waals surface area contributed by atoms with Crippen molar-refractivity contribution in [3.8, 4) is 11.5 Å². The predicted octanol–water partition coefficient (Wildman–Crippen LogP) is 4.81. The molecule has 0 N–H and O–H groups in total. The molecule has 0 spiro atoms. The second-order valence-electron chi connectivity index (χ2n) is 4.11. The fraction of sp³-hybridized carbons (Fsp3) is 0.200. The molecular weight excluding hydrogens is 302 g/mol. The van der Waals surface area contributed by atoms with Crippen LogP contribution in [0.25, 0.3) is 0 Å². The van der Waals surface area contributed by atoms with Crippen LogP contribution in [0.3, 0.4) is 0 Å². The second kappa shape index (κ2) is 6.82. The molecule has 0 bridgehead atoms. The van der Waals surface area contributed by atoms with E-state index in [0.29, 0.717) is 28.0 Å². The third-order valence-electron chi connectivity index (χ3n) is 2.80. The summed E-state index contributed by atoms with van der Waals surface area (Å²) in [6, 6.07) is 9.60. The summed E-state index contributed by atoms with van der Waals surface area (Å²) in [6.07, 6.45) is 0. The van der Waals surface area contributed by atoms with Gasteiger partial charge in [0.15, 0.2) is 11.5 Å². The van der Waals surface area contributed by atoms with Gasteiger partial charge in [-0.05, 0) is 24.3 Å². The van der Waals surface area contributed by atoms with Gasteiger partial charge in [0.25, 0.3) is 0 Å². The van der Waals surface area contributed by atoms with Gasteiger partial charge >= 0.3 is 0 Å². The van der Waals surface area contributed by atoms with Crippen LogP contribution < -0.4 is 9.47 Å². The van der Waals surface area contributed by atoms with E-state index in [1.165, 1.54) is 18.2 Å². The summed E-state index contributed by atoms with van der Waals surface area (Å²) in [7, 11) is 1.55. The molecule has 0 unspecified atom stereocenters. The fourth-order valence-electron chi connectivity index (χ4n) is 1.79. The van der Waals surface area contributed by atoms with Gasteiger partial charge in [-0.1, -0.05) is 23.7 Å². The van der Waals surface area contributed by atoms with Crippen molar-refractivity contribution in [1.29, 1.82) is 0 Å². The zero-order valence-electron chi connectivity index (χ0n) is 10.8. The lowest BCUT2D eigenvalue weighted by molar-refractivity contribution is 0.282. The van der Waals surface area contributed by atoms with E-state index < -0.39 is 0 Å². The summed E-state index contributed by atoms with van der Waals surface area (Å²) in [4.78, 5) is 0. The van der Waals surface area contributed by atoms with Gasteiger partial charge in [-0.15, -0.1) is 11.6 Å². The molecule has 0 aromatic heterocycles. The minimum absolute atomic E-state index is 0.140. The zero-order chi connectivity index (χ0) is 14.5. The maximum Gasteiger partial charge on any atom is 0.166 e. The molecule has 0 fully saturated rings. The minimum Gasteiger partial charge on any atom is -0.493 e. The first-order valence-corrected chi connectivity index (χ1v) is 6.85. The normalized spacial score (nSPS) is 10.4. The van der Waals surface area contributed by atoms with Gasteiger partial charge < -0.3 is 9.47 Å². The molecule has 106 valence electrons. The number of para-hydroxylation sites is 1. The van der Waals surface area contributed by atoms with Crippen molar-refractivity contribution < 1.29 is 13.9 Å². The van der Waals surface area contributed by atoms with E-state index in [1.54, 1.807) is 13.2 Å². The first kappa shape index (κ1) is 14.9. The Bertz CT molecular complexity index is 580. The first-order valence-electron chi connectivity index (χ1n) is 5.94. The summed E-state index contributed by atoms with van der Waals surface area (Å²) < 4.78 is 24.2. The Kier molecular flexibility index (Phi) is 5.10. The molecule has 0 aliphatic heterocycles. The van der Waals surface area contributed by atoms with E-state index in [4.69, 9.17) is 32.7 Å². The molecule has 20 heavy (non-hydrogen) atoms. The maximum atomic E-state index is 13.2. The quantitative estimate of drug-likeness (QED) is 0.738. The molecule has 2 rings (SSSR count). The van der Waals surface area contributed by atoms with Crippen LogP contribution in [0, 0.1) is 5.82 Å². The van der Waals surface area contributed by atoms with Crippen molar-refractivity contribution in [3.63, 3.8) is 0 Å². The number of hydrogen-bond donors (Lipinski definition) is 0. The van der Waals surface area contributed by atoms with E-state index in [2.05, 4.69) is 0 Å². The van der Waals surface area contributed by atoms with E-state index in [1.807, 2.05) is 12.1 Å². The van der Waals surface area contributed by atoms with Gasteiger partial charge in [-0.25, -0.2) is 4.39 Å². The highest BCUT2D eigenvalue weighted by Gasteiger charge is 2.11. The number of ether oxygens (including phenoxy) is 2. The zero-order valence-corrected chi connectivity index (χ0v) is 12.3. The lowest BCUT2D eigenvalue weighted by atomic mass is 10.2. The lowest BCUT2D eigenvalue weighted by Crippen LogP contribution is -2.01. The highest BCUT2D eigenvalue weighted by Crippen LogP contribution is 2.33. The van der Waals surface area contributed by atoms with Crippen LogP contribution in [0.2, 0.25) is 5.02 Å². The van der Waals surface area contributed by atoms with Crippen LogP contribution in [0.15, 0.2) is 36.4 Å². The van der Waals surface area contributed by atoms with E-state index in [0.717, 1.165) is 5.56 Å². The van der Waals surface area contributed by atoms with Crippen molar-refractivity contribution in [2.24, 2.45) is 0 Å². The van der Waals surface area contributed by atoms with Gasteiger partial charge in [0.1, 0.15) is 12.4 Å². The fourth-order valence-corrected chi connectivity index (χ4v) is 2.18. The molecule has 0 atom stereocenters. The number of benzene rings is 2. The van der Waals surface area contributed by atoms with Gasteiger partial charge in [-0.3, -0.25) is 0 Å². The molecule has 0 amide bonds. The Labute approximate surface area is 127 Å². The molecule has 0 saturated heterocycles. The SMILES string of the molecule is COc1cccc(CCl)c1OCc1cc(F)ccc1Cl.